The van der Waals surface area contributed by atoms with Gasteiger partial charge in [-0.1, -0.05) is 0 Å². The fourth-order valence-corrected chi connectivity index (χ4v) is 1.58. The summed E-state index contributed by atoms with van der Waals surface area (Å²) in [5.41, 5.74) is 0. The predicted octanol–water partition coefficient (Wildman–Crippen LogP) is -1.91. The highest BCUT2D eigenvalue weighted by molar-refractivity contribution is 4.90. The first-order valence-electron chi connectivity index (χ1n) is 4.33. The summed E-state index contributed by atoms with van der Waals surface area (Å²) in [5.74, 6) is 0. The van der Waals surface area contributed by atoms with E-state index < -0.39 is 30.7 Å². The van der Waals surface area contributed by atoms with Crippen LogP contribution in [0.25, 0.3) is 0 Å². The summed E-state index contributed by atoms with van der Waals surface area (Å²) in [4.78, 5) is 0. The maximum Gasteiger partial charge on any atom is 0.184 e. The molecular weight excluding hydrogens is 192 g/mol. The zero-order valence-corrected chi connectivity index (χ0v) is 8.16. The van der Waals surface area contributed by atoms with Crippen molar-refractivity contribution in [3.63, 3.8) is 0 Å². The first kappa shape index (κ1) is 11.8. The summed E-state index contributed by atoms with van der Waals surface area (Å²) in [6.45, 7) is -0.380. The number of ether oxygens (including phenoxy) is 3. The van der Waals surface area contributed by atoms with Gasteiger partial charge in [0.15, 0.2) is 6.29 Å². The molecule has 5 atom stereocenters. The van der Waals surface area contributed by atoms with Gasteiger partial charge in [-0.3, -0.25) is 0 Å². The second-order valence-electron chi connectivity index (χ2n) is 3.14. The minimum Gasteiger partial charge on any atom is -0.394 e. The maximum atomic E-state index is 9.65. The second kappa shape index (κ2) is 5.01. The Labute approximate surface area is 82.0 Å². The number of aliphatic hydroxyl groups excluding tert-OH is 3. The van der Waals surface area contributed by atoms with Gasteiger partial charge in [-0.2, -0.15) is 0 Å². The maximum absolute atomic E-state index is 9.65. The molecule has 0 spiro atoms. The molecule has 3 N–H and O–H groups in total. The van der Waals surface area contributed by atoms with Crippen molar-refractivity contribution in [2.24, 2.45) is 0 Å². The SMILES string of the molecule is CO[C@@H]1[C@@H](OC)[C@@H](O)[C@@H](CO)O[C@H]1O. The fourth-order valence-electron chi connectivity index (χ4n) is 1.58. The lowest BCUT2D eigenvalue weighted by Crippen LogP contribution is -2.59. The highest BCUT2D eigenvalue weighted by atomic mass is 16.7. The molecule has 1 saturated heterocycles. The summed E-state index contributed by atoms with van der Waals surface area (Å²) in [6.07, 6.45) is -4.52. The molecule has 6 heteroatoms. The molecule has 6 nitrogen and oxygen atoms in total. The molecule has 0 aromatic heterocycles. The molecule has 0 saturated carbocycles. The van der Waals surface area contributed by atoms with Crippen LogP contribution in [-0.4, -0.2) is 66.9 Å². The van der Waals surface area contributed by atoms with Crippen LogP contribution < -0.4 is 0 Å². The molecule has 0 unspecified atom stereocenters. The Balaban J connectivity index is 2.73. The summed E-state index contributed by atoms with van der Waals surface area (Å²) < 4.78 is 14.8. The first-order valence-corrected chi connectivity index (χ1v) is 4.33. The van der Waals surface area contributed by atoms with Crippen molar-refractivity contribution >= 4 is 0 Å². The number of hydrogen-bond donors (Lipinski definition) is 3. The van der Waals surface area contributed by atoms with Gasteiger partial charge in [0.25, 0.3) is 0 Å². The topological polar surface area (TPSA) is 88.4 Å². The molecule has 0 aromatic carbocycles. The van der Waals surface area contributed by atoms with Gasteiger partial charge in [-0.05, 0) is 0 Å². The Bertz CT molecular complexity index is 175. The lowest BCUT2D eigenvalue weighted by atomic mass is 9.99. The Hall–Kier alpha value is -0.240. The van der Waals surface area contributed by atoms with E-state index >= 15 is 0 Å². The van der Waals surface area contributed by atoms with Gasteiger partial charge < -0.3 is 29.5 Å². The smallest absolute Gasteiger partial charge is 0.184 e. The molecule has 0 radical (unpaired) electrons. The van der Waals surface area contributed by atoms with Crippen LogP contribution in [0.1, 0.15) is 0 Å². The van der Waals surface area contributed by atoms with Crippen molar-refractivity contribution in [1.82, 2.24) is 0 Å². The van der Waals surface area contributed by atoms with Crippen LogP contribution in [0.15, 0.2) is 0 Å². The predicted molar refractivity (Wildman–Crippen MR) is 45.6 cm³/mol. The number of aliphatic hydroxyl groups is 3. The highest BCUT2D eigenvalue weighted by Gasteiger charge is 2.44. The third kappa shape index (κ3) is 2.05. The molecule has 0 bridgehead atoms. The molecule has 0 amide bonds. The molecule has 1 heterocycles. The van der Waals surface area contributed by atoms with E-state index in [-0.39, 0.29) is 6.61 Å². The Kier molecular flexibility index (Phi) is 4.24. The molecule has 1 aliphatic heterocycles. The number of rotatable bonds is 3. The summed E-state index contributed by atoms with van der Waals surface area (Å²) >= 11 is 0. The second-order valence-corrected chi connectivity index (χ2v) is 3.14. The number of hydrogen-bond acceptors (Lipinski definition) is 6. The zero-order valence-electron chi connectivity index (χ0n) is 8.16. The molecular formula is C8H16O6. The molecule has 0 aliphatic carbocycles. The van der Waals surface area contributed by atoms with Crippen LogP contribution in [0.3, 0.4) is 0 Å². The van der Waals surface area contributed by atoms with Gasteiger partial charge in [-0.25, -0.2) is 0 Å². The van der Waals surface area contributed by atoms with Gasteiger partial charge in [0.1, 0.15) is 24.4 Å². The summed E-state index contributed by atoms with van der Waals surface area (Å²) in [7, 11) is 2.78. The zero-order chi connectivity index (χ0) is 10.7. The first-order chi connectivity index (χ1) is 6.65. The normalized spacial score (nSPS) is 43.9. The van der Waals surface area contributed by atoms with E-state index in [9.17, 15) is 10.2 Å². The van der Waals surface area contributed by atoms with Crippen LogP contribution in [0, 0.1) is 0 Å². The largest absolute Gasteiger partial charge is 0.394 e. The molecule has 1 fully saturated rings. The average Bonchev–Trinajstić information content (AvgIpc) is 2.20. The van der Waals surface area contributed by atoms with Crippen molar-refractivity contribution in [3.05, 3.63) is 0 Å². The quantitative estimate of drug-likeness (QED) is 0.501. The van der Waals surface area contributed by atoms with Crippen molar-refractivity contribution in [2.45, 2.75) is 30.7 Å². The van der Waals surface area contributed by atoms with E-state index in [2.05, 4.69) is 0 Å². The third-order valence-corrected chi connectivity index (χ3v) is 2.36. The fraction of sp³-hybridized carbons (Fsp3) is 1.00. The van der Waals surface area contributed by atoms with E-state index in [0.717, 1.165) is 0 Å². The van der Waals surface area contributed by atoms with Gasteiger partial charge in [0.2, 0.25) is 0 Å². The van der Waals surface area contributed by atoms with Gasteiger partial charge in [-0.15, -0.1) is 0 Å². The molecule has 14 heavy (non-hydrogen) atoms. The van der Waals surface area contributed by atoms with Gasteiger partial charge in [0.05, 0.1) is 6.61 Å². The van der Waals surface area contributed by atoms with Crippen LogP contribution >= 0.6 is 0 Å². The summed E-state index contributed by atoms with van der Waals surface area (Å²) in [5, 5.41) is 27.9. The molecule has 1 rings (SSSR count). The monoisotopic (exact) mass is 208 g/mol. The summed E-state index contributed by atoms with van der Waals surface area (Å²) in [6, 6.07) is 0. The van der Waals surface area contributed by atoms with Crippen LogP contribution in [0.2, 0.25) is 0 Å². The van der Waals surface area contributed by atoms with E-state index in [1.165, 1.54) is 14.2 Å². The molecule has 0 aromatic rings. The third-order valence-electron chi connectivity index (χ3n) is 2.36. The van der Waals surface area contributed by atoms with Crippen molar-refractivity contribution in [3.8, 4) is 0 Å². The van der Waals surface area contributed by atoms with Crippen LogP contribution in [0.5, 0.6) is 0 Å². The van der Waals surface area contributed by atoms with Gasteiger partial charge in [0, 0.05) is 14.2 Å². The number of methoxy groups -OCH3 is 2. The highest BCUT2D eigenvalue weighted by Crippen LogP contribution is 2.23. The molecule has 1 aliphatic rings. The van der Waals surface area contributed by atoms with E-state index in [4.69, 9.17) is 19.3 Å². The minimum absolute atomic E-state index is 0.380. The van der Waals surface area contributed by atoms with E-state index in [1.54, 1.807) is 0 Å². The Morgan fingerprint density at radius 2 is 1.71 bits per heavy atom. The average molecular weight is 208 g/mol. The van der Waals surface area contributed by atoms with Crippen LogP contribution in [-0.2, 0) is 14.2 Å². The van der Waals surface area contributed by atoms with Crippen molar-refractivity contribution in [2.75, 3.05) is 20.8 Å². The van der Waals surface area contributed by atoms with Crippen molar-refractivity contribution < 1.29 is 29.5 Å². The van der Waals surface area contributed by atoms with Gasteiger partial charge >= 0.3 is 0 Å². The van der Waals surface area contributed by atoms with Crippen LogP contribution in [0.4, 0.5) is 0 Å². The van der Waals surface area contributed by atoms with E-state index in [0.29, 0.717) is 0 Å². The Morgan fingerprint density at radius 1 is 1.14 bits per heavy atom. The lowest BCUT2D eigenvalue weighted by Gasteiger charge is -2.40. The minimum atomic E-state index is -1.20. The lowest BCUT2D eigenvalue weighted by molar-refractivity contribution is -0.295. The molecule has 84 valence electrons. The Morgan fingerprint density at radius 3 is 2.14 bits per heavy atom. The standard InChI is InChI=1S/C8H16O6/c1-12-6-5(10)4(3-9)14-8(11)7(6)13-2/h4-11H,3H2,1-2H3/t4-,5+,6+,7-,8-/m1/s1. The van der Waals surface area contributed by atoms with Crippen molar-refractivity contribution in [1.29, 1.82) is 0 Å². The van der Waals surface area contributed by atoms with E-state index in [1.807, 2.05) is 0 Å².